The summed E-state index contributed by atoms with van der Waals surface area (Å²) in [5, 5.41) is 0. The van der Waals surface area contributed by atoms with E-state index in [2.05, 4.69) is 92.2 Å². The van der Waals surface area contributed by atoms with E-state index >= 15 is 0 Å². The minimum Gasteiger partial charge on any atom is -0.359 e. The van der Waals surface area contributed by atoms with Gasteiger partial charge >= 0.3 is 0 Å². The Balaban J connectivity index is 1.51. The quantitative estimate of drug-likeness (QED) is 0.569. The Labute approximate surface area is 179 Å². The second-order valence-corrected chi connectivity index (χ2v) is 9.20. The van der Waals surface area contributed by atoms with Gasteiger partial charge in [0, 0.05) is 18.2 Å². The molecule has 0 saturated carbocycles. The van der Waals surface area contributed by atoms with Gasteiger partial charge in [-0.15, -0.1) is 0 Å². The highest BCUT2D eigenvalue weighted by Gasteiger charge is 2.41. The van der Waals surface area contributed by atoms with E-state index < -0.39 is 0 Å². The van der Waals surface area contributed by atoms with Crippen molar-refractivity contribution in [1.82, 2.24) is 14.9 Å². The Hall–Kier alpha value is -2.81. The van der Waals surface area contributed by atoms with Crippen LogP contribution in [0.2, 0.25) is 0 Å². The molecule has 0 spiro atoms. The molecule has 2 atom stereocenters. The van der Waals surface area contributed by atoms with Crippen LogP contribution >= 0.6 is 0 Å². The molecule has 3 aromatic rings. The number of nitrogens with zero attached hydrogens (tertiary/aromatic N) is 2. The van der Waals surface area contributed by atoms with E-state index in [0.717, 1.165) is 36.2 Å². The van der Waals surface area contributed by atoms with Crippen molar-refractivity contribution >= 4 is 11.0 Å². The van der Waals surface area contributed by atoms with E-state index in [1.54, 1.807) is 0 Å². The van der Waals surface area contributed by atoms with Gasteiger partial charge in [0.05, 0.1) is 16.6 Å². The first-order valence-corrected chi connectivity index (χ1v) is 11.1. The lowest BCUT2D eigenvalue weighted by Gasteiger charge is -2.37. The van der Waals surface area contributed by atoms with Gasteiger partial charge < -0.3 is 9.88 Å². The van der Waals surface area contributed by atoms with E-state index in [1.807, 2.05) is 0 Å². The number of H-pyrrole nitrogens is 1. The smallest absolute Gasteiger partial charge is 0.132 e. The molecule has 1 fully saturated rings. The van der Waals surface area contributed by atoms with Crippen molar-refractivity contribution in [2.24, 2.45) is 0 Å². The summed E-state index contributed by atoms with van der Waals surface area (Å²) in [7, 11) is 0. The molecule has 1 radical (unpaired) electrons. The minimum atomic E-state index is -0.136. The molecule has 30 heavy (non-hydrogen) atoms. The largest absolute Gasteiger partial charge is 0.359 e. The number of fused-ring (bicyclic) bond motifs is 1. The summed E-state index contributed by atoms with van der Waals surface area (Å²) < 4.78 is 0. The van der Waals surface area contributed by atoms with E-state index in [1.165, 1.54) is 34.4 Å². The lowest BCUT2D eigenvalue weighted by molar-refractivity contribution is 0.199. The average molecular weight is 397 g/mol. The Morgan fingerprint density at radius 3 is 2.67 bits per heavy atom. The molecule has 3 nitrogen and oxygen atoms in total. The Bertz CT molecular complexity index is 1110. The van der Waals surface area contributed by atoms with Gasteiger partial charge in [0.2, 0.25) is 0 Å². The SMILES string of the molecule is Cc1ccc(C2[C]=C(N3CCC[C@@]3(C)c3nc4cc(C)c(C)cc4[nH]3)C=CC2)cc1. The number of hydrogen-bond acceptors (Lipinski definition) is 2. The topological polar surface area (TPSA) is 31.9 Å². The van der Waals surface area contributed by atoms with Gasteiger partial charge in [0.25, 0.3) is 0 Å². The summed E-state index contributed by atoms with van der Waals surface area (Å²) in [5.41, 5.74) is 8.52. The van der Waals surface area contributed by atoms with Crippen LogP contribution in [0.1, 0.15) is 60.2 Å². The third-order valence-corrected chi connectivity index (χ3v) is 6.99. The lowest BCUT2D eigenvalue weighted by Crippen LogP contribution is -2.39. The number of benzene rings is 2. The highest BCUT2D eigenvalue weighted by Crippen LogP contribution is 2.42. The molecule has 0 amide bonds. The van der Waals surface area contributed by atoms with Crippen LogP contribution in [-0.2, 0) is 5.54 Å². The molecular formula is C27H30N3. The van der Waals surface area contributed by atoms with Crippen LogP contribution in [0.25, 0.3) is 11.0 Å². The highest BCUT2D eigenvalue weighted by atomic mass is 15.3. The number of aromatic amines is 1. The van der Waals surface area contributed by atoms with Crippen molar-refractivity contribution in [2.45, 2.75) is 58.4 Å². The summed E-state index contributed by atoms with van der Waals surface area (Å²) in [4.78, 5) is 11.2. The summed E-state index contributed by atoms with van der Waals surface area (Å²) in [6, 6.07) is 13.3. The first kappa shape index (κ1) is 19.2. The number of aromatic nitrogens is 2. The molecular weight excluding hydrogens is 366 g/mol. The maximum Gasteiger partial charge on any atom is 0.132 e. The van der Waals surface area contributed by atoms with Crippen LogP contribution in [-0.4, -0.2) is 21.4 Å². The number of rotatable bonds is 3. The molecule has 2 heterocycles. The summed E-state index contributed by atoms with van der Waals surface area (Å²) in [5.74, 6) is 1.39. The molecule has 1 unspecified atom stereocenters. The zero-order valence-electron chi connectivity index (χ0n) is 18.4. The fraction of sp³-hybridized carbons (Fsp3) is 0.370. The first-order chi connectivity index (χ1) is 14.4. The second-order valence-electron chi connectivity index (χ2n) is 9.20. The van der Waals surface area contributed by atoms with E-state index in [9.17, 15) is 0 Å². The van der Waals surface area contributed by atoms with Crippen molar-refractivity contribution in [3.05, 3.63) is 88.4 Å². The van der Waals surface area contributed by atoms with E-state index in [0.29, 0.717) is 5.92 Å². The predicted octanol–water partition coefficient (Wildman–Crippen LogP) is 6.23. The molecule has 1 aromatic heterocycles. The van der Waals surface area contributed by atoms with Gasteiger partial charge in [-0.2, -0.15) is 0 Å². The van der Waals surface area contributed by atoms with Crippen molar-refractivity contribution in [3.63, 3.8) is 0 Å². The number of aryl methyl sites for hydroxylation is 3. The molecule has 1 aliphatic heterocycles. The standard InChI is InChI=1S/C27H30N3/c1-18-9-11-21(12-10-18)22-7-5-8-23(17-22)30-14-6-13-27(30,4)26-28-24-15-19(2)20(3)16-25(24)29-26/h5,8-12,15-16,22H,6-7,13-14H2,1-4H3,(H,28,29)/t22?,27-/m0/s1. The fourth-order valence-electron chi connectivity index (χ4n) is 4.91. The Kier molecular flexibility index (Phi) is 4.57. The van der Waals surface area contributed by atoms with Gasteiger partial charge in [-0.3, -0.25) is 0 Å². The molecule has 2 aromatic carbocycles. The maximum absolute atomic E-state index is 5.04. The van der Waals surface area contributed by atoms with E-state index in [-0.39, 0.29) is 5.54 Å². The molecule has 0 bridgehead atoms. The van der Waals surface area contributed by atoms with Gasteiger partial charge in [-0.25, -0.2) is 4.98 Å². The van der Waals surface area contributed by atoms with Crippen molar-refractivity contribution in [1.29, 1.82) is 0 Å². The first-order valence-electron chi connectivity index (χ1n) is 11.1. The number of hydrogen-bond donors (Lipinski definition) is 1. The monoisotopic (exact) mass is 396 g/mol. The number of likely N-dealkylation sites (tertiary alicyclic amines) is 1. The van der Waals surface area contributed by atoms with Gasteiger partial charge in [0.15, 0.2) is 0 Å². The predicted molar refractivity (Wildman–Crippen MR) is 123 cm³/mol. The zero-order valence-corrected chi connectivity index (χ0v) is 18.4. The highest BCUT2D eigenvalue weighted by molar-refractivity contribution is 5.77. The Morgan fingerprint density at radius 2 is 1.87 bits per heavy atom. The number of imidazole rings is 1. The molecule has 3 heteroatoms. The number of nitrogens with one attached hydrogen (secondary N) is 1. The molecule has 1 aliphatic carbocycles. The zero-order chi connectivity index (χ0) is 20.9. The maximum atomic E-state index is 5.04. The van der Waals surface area contributed by atoms with Crippen LogP contribution < -0.4 is 0 Å². The van der Waals surface area contributed by atoms with Crippen LogP contribution in [0.15, 0.2) is 54.2 Å². The molecule has 5 rings (SSSR count). The van der Waals surface area contributed by atoms with Crippen LogP contribution in [0.3, 0.4) is 0 Å². The van der Waals surface area contributed by atoms with Crippen LogP contribution in [0.4, 0.5) is 0 Å². The Morgan fingerprint density at radius 1 is 1.10 bits per heavy atom. The minimum absolute atomic E-state index is 0.136. The fourth-order valence-corrected chi connectivity index (χ4v) is 4.91. The van der Waals surface area contributed by atoms with Gasteiger partial charge in [-0.05, 0) is 87.9 Å². The summed E-state index contributed by atoms with van der Waals surface area (Å²) >= 11 is 0. The van der Waals surface area contributed by atoms with Gasteiger partial charge in [0.1, 0.15) is 5.82 Å². The number of allylic oxidation sites excluding steroid dienone is 3. The summed E-state index contributed by atoms with van der Waals surface area (Å²) in [6.45, 7) is 9.83. The molecule has 153 valence electrons. The lowest BCUT2D eigenvalue weighted by atomic mass is 9.89. The second kappa shape index (κ2) is 7.16. The average Bonchev–Trinajstić information content (AvgIpc) is 3.33. The van der Waals surface area contributed by atoms with Gasteiger partial charge in [-0.1, -0.05) is 35.9 Å². The molecule has 1 saturated heterocycles. The molecule has 1 N–H and O–H groups in total. The van der Waals surface area contributed by atoms with E-state index in [4.69, 9.17) is 4.98 Å². The van der Waals surface area contributed by atoms with Crippen molar-refractivity contribution < 1.29 is 0 Å². The summed E-state index contributed by atoms with van der Waals surface area (Å²) in [6.07, 6.45) is 11.7. The van der Waals surface area contributed by atoms with Crippen LogP contribution in [0.5, 0.6) is 0 Å². The molecule has 2 aliphatic rings. The normalized spacial score (nSPS) is 23.9. The van der Waals surface area contributed by atoms with Crippen molar-refractivity contribution in [2.75, 3.05) is 6.54 Å². The third-order valence-electron chi connectivity index (χ3n) is 6.99. The van der Waals surface area contributed by atoms with Crippen molar-refractivity contribution in [3.8, 4) is 0 Å². The van der Waals surface area contributed by atoms with Crippen LogP contribution in [0, 0.1) is 26.8 Å². The third kappa shape index (κ3) is 3.17.